The number of aromatic amines is 1. The molecule has 32 heavy (non-hydrogen) atoms. The van der Waals surface area contributed by atoms with Gasteiger partial charge in [0.25, 0.3) is 12.6 Å². The standard InChI is InChI=1S/C22H22N10/c1-25-16-2-5-22(6-3-16,7-8-23)14-31-12-15(11-27-31)21-19-4-9-26-32(19)13-18(28-21)17-10-20(24)30-29-17/h1,4,9-14,16H,2-3,5-7H2,(H3,24,29,30)/q+2/b31-14+. The molecular weight excluding hydrogens is 404 g/mol. The highest BCUT2D eigenvalue weighted by molar-refractivity contribution is 6.12. The Morgan fingerprint density at radius 3 is 3.00 bits per heavy atom. The van der Waals surface area contributed by atoms with E-state index in [-0.39, 0.29) is 11.5 Å². The van der Waals surface area contributed by atoms with Gasteiger partial charge in [0.1, 0.15) is 23.4 Å². The van der Waals surface area contributed by atoms with E-state index in [1.165, 1.54) is 0 Å². The molecule has 0 aromatic carbocycles. The van der Waals surface area contributed by atoms with E-state index in [1.54, 1.807) is 27.7 Å². The van der Waals surface area contributed by atoms with Crippen LogP contribution in [-0.4, -0.2) is 48.0 Å². The van der Waals surface area contributed by atoms with E-state index in [0.717, 1.165) is 42.5 Å². The number of allylic oxidation sites excluding steroid dienone is 1. The molecule has 4 heterocycles. The quantitative estimate of drug-likeness (QED) is 0.620. The SMILES string of the molecule is C#[N+]C1CCC(/C=[N+]2\C=C(c3nc(-c4cc(N)n[nH]4)cn4nccc34)C=N2)(CC#N)CC1. The lowest BCUT2D eigenvalue weighted by Gasteiger charge is -2.28. The molecule has 0 bridgehead atoms. The summed E-state index contributed by atoms with van der Waals surface area (Å²) in [5, 5.41) is 25.2. The summed E-state index contributed by atoms with van der Waals surface area (Å²) in [6.45, 7) is 5.48. The maximum absolute atomic E-state index is 9.42. The van der Waals surface area contributed by atoms with E-state index in [9.17, 15) is 5.26 Å². The summed E-state index contributed by atoms with van der Waals surface area (Å²) in [5.74, 6) is 0.395. The lowest BCUT2D eigenvalue weighted by atomic mass is 9.71. The molecule has 3 aromatic rings. The Morgan fingerprint density at radius 2 is 2.28 bits per heavy atom. The van der Waals surface area contributed by atoms with E-state index in [4.69, 9.17) is 17.3 Å². The smallest absolute Gasteiger partial charge is 0.272 e. The van der Waals surface area contributed by atoms with Crippen molar-refractivity contribution in [1.29, 1.82) is 5.26 Å². The molecule has 5 rings (SSSR count). The Morgan fingerprint density at radius 1 is 1.44 bits per heavy atom. The van der Waals surface area contributed by atoms with Crippen molar-refractivity contribution in [3.8, 4) is 24.0 Å². The Balaban J connectivity index is 1.52. The first-order valence-electron chi connectivity index (χ1n) is 10.4. The van der Waals surface area contributed by atoms with E-state index in [1.807, 2.05) is 18.5 Å². The first-order valence-corrected chi connectivity index (χ1v) is 10.4. The van der Waals surface area contributed by atoms with Crippen LogP contribution in [0.1, 0.15) is 37.8 Å². The molecular formula is C22H22N10+2. The van der Waals surface area contributed by atoms with Crippen molar-refractivity contribution in [3.63, 3.8) is 0 Å². The van der Waals surface area contributed by atoms with Crippen molar-refractivity contribution in [3.05, 3.63) is 41.3 Å². The maximum Gasteiger partial charge on any atom is 0.272 e. The number of rotatable bonds is 4. The molecule has 0 saturated heterocycles. The fourth-order valence-electron chi connectivity index (χ4n) is 4.38. The van der Waals surface area contributed by atoms with Crippen molar-refractivity contribution in [2.75, 3.05) is 5.73 Å². The minimum atomic E-state index is -0.242. The van der Waals surface area contributed by atoms with Gasteiger partial charge >= 0.3 is 0 Å². The average Bonchev–Trinajstić information content (AvgIpc) is 3.55. The minimum Gasteiger partial charge on any atom is -0.382 e. The highest BCUT2D eigenvalue weighted by Gasteiger charge is 2.41. The molecule has 1 aliphatic carbocycles. The summed E-state index contributed by atoms with van der Waals surface area (Å²) in [6, 6.07) is 6.15. The third kappa shape index (κ3) is 3.52. The monoisotopic (exact) mass is 426 g/mol. The van der Waals surface area contributed by atoms with Crippen molar-refractivity contribution in [2.45, 2.75) is 38.1 Å². The number of nitrogens with two attached hydrogens (primary N) is 1. The van der Waals surface area contributed by atoms with Gasteiger partial charge in [-0.15, -0.1) is 0 Å². The summed E-state index contributed by atoms with van der Waals surface area (Å²) in [5.41, 5.74) is 9.34. The second-order valence-electron chi connectivity index (χ2n) is 8.26. The Bertz CT molecular complexity index is 1350. The third-order valence-corrected chi connectivity index (χ3v) is 6.14. The topological polar surface area (TPSA) is 128 Å². The molecule has 0 atom stereocenters. The van der Waals surface area contributed by atoms with Crippen molar-refractivity contribution < 1.29 is 4.68 Å². The molecule has 3 aromatic heterocycles. The predicted molar refractivity (Wildman–Crippen MR) is 121 cm³/mol. The second kappa shape index (κ2) is 7.75. The zero-order chi connectivity index (χ0) is 22.1. The third-order valence-electron chi connectivity index (χ3n) is 6.14. The number of aromatic nitrogens is 5. The number of H-pyrrole nitrogens is 1. The van der Waals surface area contributed by atoms with Gasteiger partial charge in [0.15, 0.2) is 6.21 Å². The molecule has 1 fully saturated rings. The van der Waals surface area contributed by atoms with E-state index in [0.29, 0.717) is 23.6 Å². The number of anilines is 1. The molecule has 158 valence electrons. The van der Waals surface area contributed by atoms with Gasteiger partial charge in [0, 0.05) is 18.9 Å². The fourth-order valence-corrected chi connectivity index (χ4v) is 4.38. The summed E-state index contributed by atoms with van der Waals surface area (Å²) in [7, 11) is 0. The van der Waals surface area contributed by atoms with Crippen LogP contribution in [0.25, 0.3) is 27.3 Å². The normalized spacial score (nSPS) is 23.9. The van der Waals surface area contributed by atoms with Gasteiger partial charge in [0.2, 0.25) is 6.20 Å². The second-order valence-corrected chi connectivity index (χ2v) is 8.26. The van der Waals surface area contributed by atoms with Crippen LogP contribution in [0.3, 0.4) is 0 Å². The summed E-state index contributed by atoms with van der Waals surface area (Å²) in [6.07, 6.45) is 13.2. The Kier molecular flexibility index (Phi) is 4.75. The van der Waals surface area contributed by atoms with Gasteiger partial charge in [-0.25, -0.2) is 9.50 Å². The summed E-state index contributed by atoms with van der Waals surface area (Å²) < 4.78 is 3.56. The molecule has 3 N–H and O–H groups in total. The number of fused-ring (bicyclic) bond motifs is 1. The van der Waals surface area contributed by atoms with Crippen molar-refractivity contribution in [1.82, 2.24) is 24.8 Å². The van der Waals surface area contributed by atoms with Crippen LogP contribution in [0.15, 0.2) is 35.8 Å². The molecule has 1 saturated carbocycles. The van der Waals surface area contributed by atoms with E-state index in [2.05, 4.69) is 37.5 Å². The number of nitriles is 1. The molecule has 10 nitrogen and oxygen atoms in total. The highest BCUT2D eigenvalue weighted by Crippen LogP contribution is 2.39. The minimum absolute atomic E-state index is 0.169. The number of nitrogen functional groups attached to an aromatic ring is 1. The van der Waals surface area contributed by atoms with Crippen LogP contribution < -0.4 is 5.73 Å². The summed E-state index contributed by atoms with van der Waals surface area (Å²) in [4.78, 5) is 8.76. The number of nitrogens with zero attached hydrogens (tertiary/aromatic N) is 8. The molecule has 2 aliphatic rings. The van der Waals surface area contributed by atoms with Crippen LogP contribution >= 0.6 is 0 Å². The first kappa shape index (κ1) is 19.6. The van der Waals surface area contributed by atoms with Crippen LogP contribution in [0.2, 0.25) is 0 Å². The largest absolute Gasteiger partial charge is 0.382 e. The van der Waals surface area contributed by atoms with Crippen LogP contribution in [-0.2, 0) is 0 Å². The molecule has 0 spiro atoms. The number of nitrogens with one attached hydrogen (secondary N) is 1. The number of hydrazone groups is 1. The van der Waals surface area contributed by atoms with Crippen molar-refractivity contribution in [2.24, 2.45) is 10.5 Å². The van der Waals surface area contributed by atoms with Gasteiger partial charge < -0.3 is 5.73 Å². The van der Waals surface area contributed by atoms with Gasteiger partial charge in [-0.2, -0.15) is 15.5 Å². The Labute approximate surface area is 184 Å². The van der Waals surface area contributed by atoms with Gasteiger partial charge in [0.05, 0.1) is 47.1 Å². The highest BCUT2D eigenvalue weighted by atomic mass is 15.4. The van der Waals surface area contributed by atoms with Crippen LogP contribution in [0.5, 0.6) is 0 Å². The maximum atomic E-state index is 9.42. The molecule has 0 unspecified atom stereocenters. The van der Waals surface area contributed by atoms with E-state index < -0.39 is 0 Å². The fraction of sp³-hybridized carbons (Fsp3) is 0.318. The molecule has 0 amide bonds. The van der Waals surface area contributed by atoms with Crippen molar-refractivity contribution >= 4 is 29.3 Å². The van der Waals surface area contributed by atoms with Gasteiger partial charge in [-0.1, -0.05) is 9.53 Å². The van der Waals surface area contributed by atoms with Crippen LogP contribution in [0, 0.1) is 23.3 Å². The van der Waals surface area contributed by atoms with Gasteiger partial charge in [-0.3, -0.25) is 5.10 Å². The van der Waals surface area contributed by atoms with E-state index >= 15 is 0 Å². The Hall–Kier alpha value is -4.31. The lowest BCUT2D eigenvalue weighted by Crippen LogP contribution is -2.32. The first-order chi connectivity index (χ1) is 15.6. The van der Waals surface area contributed by atoms with Gasteiger partial charge in [-0.05, 0) is 24.0 Å². The molecule has 0 radical (unpaired) electrons. The predicted octanol–water partition coefficient (Wildman–Crippen LogP) is 2.93. The lowest BCUT2D eigenvalue weighted by molar-refractivity contribution is -0.456. The zero-order valence-electron chi connectivity index (χ0n) is 17.4. The summed E-state index contributed by atoms with van der Waals surface area (Å²) >= 11 is 0. The molecule has 1 aliphatic heterocycles. The van der Waals surface area contributed by atoms with Crippen LogP contribution in [0.4, 0.5) is 5.82 Å². The average molecular weight is 426 g/mol. The number of hydrogen-bond donors (Lipinski definition) is 2. The zero-order valence-corrected chi connectivity index (χ0v) is 17.4. The molecule has 10 heteroatoms. The number of hydrogen-bond acceptors (Lipinski definition) is 6.